The lowest BCUT2D eigenvalue weighted by molar-refractivity contribution is -0.171. The van der Waals surface area contributed by atoms with Crippen LogP contribution in [-0.4, -0.2) is 61.7 Å². The van der Waals surface area contributed by atoms with Crippen LogP contribution in [0.5, 0.6) is 0 Å². The summed E-state index contributed by atoms with van der Waals surface area (Å²) in [7, 11) is 0. The van der Waals surface area contributed by atoms with Crippen LogP contribution in [0.15, 0.2) is 54.3 Å². The first-order valence-corrected chi connectivity index (χ1v) is 12.4. The van der Waals surface area contributed by atoms with E-state index in [4.69, 9.17) is 14.2 Å². The van der Waals surface area contributed by atoms with Crippen LogP contribution in [0.1, 0.15) is 42.4 Å². The highest BCUT2D eigenvalue weighted by atomic mass is 16.7. The number of fused-ring (bicyclic) bond motifs is 3. The molecule has 3 atom stereocenters. The maximum Gasteiger partial charge on any atom is 0.288 e. The van der Waals surface area contributed by atoms with E-state index in [-0.39, 0.29) is 24.3 Å². The molecule has 0 bridgehead atoms. The van der Waals surface area contributed by atoms with Gasteiger partial charge >= 0.3 is 0 Å². The Kier molecular flexibility index (Phi) is 6.99. The average Bonchev–Trinajstić information content (AvgIpc) is 3.27. The number of aliphatic hydroxyl groups excluding tert-OH is 1. The zero-order chi connectivity index (χ0) is 23.5. The number of amides is 1. The van der Waals surface area contributed by atoms with Gasteiger partial charge in [-0.1, -0.05) is 42.5 Å². The van der Waals surface area contributed by atoms with Gasteiger partial charge in [-0.15, -0.1) is 0 Å². The fraction of sp³-hybridized carbons (Fsp3) is 0.464. The Morgan fingerprint density at radius 3 is 2.71 bits per heavy atom. The summed E-state index contributed by atoms with van der Waals surface area (Å²) in [5, 5.41) is 9.58. The Hall–Kier alpha value is -2.67. The summed E-state index contributed by atoms with van der Waals surface area (Å²) in [6, 6.07) is 15.0. The van der Waals surface area contributed by atoms with Crippen molar-refractivity contribution in [2.24, 2.45) is 5.92 Å². The molecule has 2 aromatic carbocycles. The van der Waals surface area contributed by atoms with Crippen molar-refractivity contribution in [1.29, 1.82) is 0 Å². The molecular formula is C28H33NO5. The molecule has 1 saturated heterocycles. The summed E-state index contributed by atoms with van der Waals surface area (Å²) in [5.74, 6) is 0.220. The summed E-state index contributed by atoms with van der Waals surface area (Å²) < 4.78 is 17.7. The second-order valence-electron chi connectivity index (χ2n) is 9.14. The van der Waals surface area contributed by atoms with Gasteiger partial charge in [0.2, 0.25) is 6.29 Å². The first kappa shape index (κ1) is 23.1. The molecule has 2 aliphatic heterocycles. The fourth-order valence-electron chi connectivity index (χ4n) is 5.53. The highest BCUT2D eigenvalue weighted by Gasteiger charge is 2.40. The van der Waals surface area contributed by atoms with Crippen molar-refractivity contribution in [3.63, 3.8) is 0 Å². The normalized spacial score (nSPS) is 23.6. The zero-order valence-corrected chi connectivity index (χ0v) is 19.7. The molecule has 1 aliphatic carbocycles. The maximum absolute atomic E-state index is 13.4. The lowest BCUT2D eigenvalue weighted by Crippen LogP contribution is -2.44. The van der Waals surface area contributed by atoms with Crippen LogP contribution >= 0.6 is 0 Å². The fourth-order valence-corrected chi connectivity index (χ4v) is 5.53. The van der Waals surface area contributed by atoms with Gasteiger partial charge in [0.15, 0.2) is 5.76 Å². The van der Waals surface area contributed by atoms with Crippen molar-refractivity contribution in [2.45, 2.75) is 38.4 Å². The molecule has 0 saturated carbocycles. The van der Waals surface area contributed by atoms with E-state index in [0.717, 1.165) is 12.8 Å². The highest BCUT2D eigenvalue weighted by Crippen LogP contribution is 2.46. The number of rotatable bonds is 7. The summed E-state index contributed by atoms with van der Waals surface area (Å²) in [6.07, 6.45) is 3.76. The molecule has 6 nitrogen and oxygen atoms in total. The number of morpholine rings is 1. The van der Waals surface area contributed by atoms with Crippen molar-refractivity contribution in [3.8, 4) is 11.1 Å². The molecule has 1 N–H and O–H groups in total. The van der Waals surface area contributed by atoms with E-state index >= 15 is 0 Å². The molecule has 0 spiro atoms. The quantitative estimate of drug-likeness (QED) is 0.576. The van der Waals surface area contributed by atoms with Gasteiger partial charge in [-0.05, 0) is 60.1 Å². The highest BCUT2D eigenvalue weighted by molar-refractivity contribution is 5.92. The van der Waals surface area contributed by atoms with Crippen LogP contribution in [0.3, 0.4) is 0 Å². The number of carbonyl (C=O) groups is 1. The topological polar surface area (TPSA) is 68.2 Å². The van der Waals surface area contributed by atoms with E-state index in [0.29, 0.717) is 45.1 Å². The third-order valence-corrected chi connectivity index (χ3v) is 7.17. The van der Waals surface area contributed by atoms with Crippen LogP contribution < -0.4 is 0 Å². The van der Waals surface area contributed by atoms with Gasteiger partial charge in [-0.2, -0.15) is 0 Å². The van der Waals surface area contributed by atoms with E-state index in [2.05, 4.69) is 42.5 Å². The average molecular weight is 464 g/mol. The first-order chi connectivity index (χ1) is 16.7. The second kappa shape index (κ2) is 10.3. The molecule has 34 heavy (non-hydrogen) atoms. The van der Waals surface area contributed by atoms with Crippen molar-refractivity contribution >= 4 is 5.91 Å². The molecule has 1 fully saturated rings. The number of benzene rings is 2. The van der Waals surface area contributed by atoms with E-state index in [1.807, 2.05) is 13.0 Å². The van der Waals surface area contributed by atoms with Crippen molar-refractivity contribution in [2.75, 3.05) is 39.5 Å². The lowest BCUT2D eigenvalue weighted by Gasteiger charge is -2.39. The molecule has 3 aliphatic rings. The standard InChI is InChI=1S/C28H33NO5/c1-2-33-28-23(11-6-14-30)25(18-26(34-28)27(31)29-12-15-32-16-13-29)22-10-5-9-21-20-8-4-3-7-19(20)17-24(21)22/h3-5,7-10,18,23,25,28,30H,2,6,11-17H2,1H3/t23-,25-,28-/m0/s1. The zero-order valence-electron chi connectivity index (χ0n) is 19.7. The molecule has 0 radical (unpaired) electrons. The van der Waals surface area contributed by atoms with Gasteiger partial charge < -0.3 is 24.2 Å². The van der Waals surface area contributed by atoms with Crippen LogP contribution in [0.2, 0.25) is 0 Å². The number of allylic oxidation sites excluding steroid dienone is 1. The number of aliphatic hydroxyl groups is 1. The first-order valence-electron chi connectivity index (χ1n) is 12.4. The largest absolute Gasteiger partial charge is 0.459 e. The summed E-state index contributed by atoms with van der Waals surface area (Å²) in [4.78, 5) is 15.2. The Balaban J connectivity index is 1.56. The lowest BCUT2D eigenvalue weighted by atomic mass is 9.78. The predicted octanol–water partition coefficient (Wildman–Crippen LogP) is 3.87. The van der Waals surface area contributed by atoms with E-state index in [1.165, 1.54) is 27.8 Å². The number of hydrogen-bond acceptors (Lipinski definition) is 5. The Morgan fingerprint density at radius 1 is 1.12 bits per heavy atom. The Morgan fingerprint density at radius 2 is 1.91 bits per heavy atom. The van der Waals surface area contributed by atoms with Crippen molar-refractivity contribution in [3.05, 3.63) is 71.0 Å². The summed E-state index contributed by atoms with van der Waals surface area (Å²) >= 11 is 0. The minimum absolute atomic E-state index is 0.00329. The maximum atomic E-state index is 13.4. The van der Waals surface area contributed by atoms with Gasteiger partial charge in [-0.25, -0.2) is 0 Å². The third-order valence-electron chi connectivity index (χ3n) is 7.17. The van der Waals surface area contributed by atoms with Gasteiger partial charge in [0.1, 0.15) is 0 Å². The second-order valence-corrected chi connectivity index (χ2v) is 9.14. The van der Waals surface area contributed by atoms with Crippen LogP contribution in [0, 0.1) is 5.92 Å². The van der Waals surface area contributed by atoms with E-state index in [1.54, 1.807) is 4.90 Å². The van der Waals surface area contributed by atoms with Gasteiger partial charge in [0, 0.05) is 38.1 Å². The van der Waals surface area contributed by atoms with Gasteiger partial charge in [0.25, 0.3) is 5.91 Å². The summed E-state index contributed by atoms with van der Waals surface area (Å²) in [6.45, 7) is 4.76. The van der Waals surface area contributed by atoms with Gasteiger partial charge in [-0.3, -0.25) is 4.79 Å². The predicted molar refractivity (Wildman–Crippen MR) is 129 cm³/mol. The van der Waals surface area contributed by atoms with Gasteiger partial charge in [0.05, 0.1) is 13.2 Å². The molecule has 5 rings (SSSR count). The molecule has 6 heteroatoms. The van der Waals surface area contributed by atoms with Crippen molar-refractivity contribution in [1.82, 2.24) is 4.90 Å². The van der Waals surface area contributed by atoms with E-state index in [9.17, 15) is 9.90 Å². The van der Waals surface area contributed by atoms with Crippen LogP contribution in [0.4, 0.5) is 0 Å². The molecule has 1 amide bonds. The van der Waals surface area contributed by atoms with Crippen LogP contribution in [0.25, 0.3) is 11.1 Å². The molecular weight excluding hydrogens is 430 g/mol. The van der Waals surface area contributed by atoms with Crippen LogP contribution in [-0.2, 0) is 25.4 Å². The number of ether oxygens (including phenoxy) is 3. The third kappa shape index (κ3) is 4.38. The minimum Gasteiger partial charge on any atom is -0.459 e. The number of nitrogens with zero attached hydrogens (tertiary/aromatic N) is 1. The van der Waals surface area contributed by atoms with Crippen molar-refractivity contribution < 1.29 is 24.1 Å². The Bertz CT molecular complexity index is 1060. The molecule has 2 heterocycles. The smallest absolute Gasteiger partial charge is 0.288 e. The summed E-state index contributed by atoms with van der Waals surface area (Å²) in [5.41, 5.74) is 6.42. The number of carbonyl (C=O) groups excluding carboxylic acids is 1. The molecule has 2 aromatic rings. The monoisotopic (exact) mass is 463 g/mol. The number of hydrogen-bond donors (Lipinski definition) is 1. The minimum atomic E-state index is -0.536. The SMILES string of the molecule is CCO[C@H]1OC(C(=O)N2CCOCC2)=C[C@@H](c2cccc3c2Cc2ccccc2-3)[C@@H]1CCCO. The Labute approximate surface area is 201 Å². The molecule has 0 aromatic heterocycles. The molecule has 180 valence electrons. The molecule has 0 unspecified atom stereocenters. The van der Waals surface area contributed by atoms with E-state index < -0.39 is 6.29 Å².